The van der Waals surface area contributed by atoms with E-state index in [0.717, 1.165) is 19.3 Å². The first-order valence-electron chi connectivity index (χ1n) is 5.60. The number of hydrogen-bond donors (Lipinski definition) is 2. The van der Waals surface area contributed by atoms with E-state index < -0.39 is 0 Å². The van der Waals surface area contributed by atoms with Gasteiger partial charge in [0.15, 0.2) is 0 Å². The highest BCUT2D eigenvalue weighted by molar-refractivity contribution is 5.69. The van der Waals surface area contributed by atoms with E-state index in [1.807, 2.05) is 0 Å². The number of hydrogen-bond acceptors (Lipinski definition) is 5. The van der Waals surface area contributed by atoms with Crippen molar-refractivity contribution in [2.24, 2.45) is 5.92 Å². The van der Waals surface area contributed by atoms with Crippen molar-refractivity contribution in [2.45, 2.75) is 25.7 Å². The van der Waals surface area contributed by atoms with E-state index in [1.165, 1.54) is 0 Å². The molecular formula is C11H22O5. The number of aliphatic hydroxyl groups excluding tert-OH is 2. The predicted octanol–water partition coefficient (Wildman–Crippen LogP) is 0.337. The van der Waals surface area contributed by atoms with E-state index in [2.05, 4.69) is 0 Å². The Hall–Kier alpha value is -0.650. The smallest absolute Gasteiger partial charge is 0.305 e. The summed E-state index contributed by atoms with van der Waals surface area (Å²) in [5, 5.41) is 17.5. The second-order valence-corrected chi connectivity index (χ2v) is 3.72. The molecule has 0 amide bonds. The molecule has 0 spiro atoms. The zero-order valence-electron chi connectivity index (χ0n) is 9.85. The Labute approximate surface area is 96.4 Å². The summed E-state index contributed by atoms with van der Waals surface area (Å²) in [7, 11) is 1.65. The molecule has 0 aromatic heterocycles. The van der Waals surface area contributed by atoms with Crippen LogP contribution >= 0.6 is 0 Å². The Balaban J connectivity index is 3.37. The van der Waals surface area contributed by atoms with Gasteiger partial charge in [0.25, 0.3) is 0 Å². The van der Waals surface area contributed by atoms with Crippen molar-refractivity contribution in [2.75, 3.05) is 33.5 Å². The maximum absolute atomic E-state index is 11.2. The first-order valence-corrected chi connectivity index (χ1v) is 5.60. The summed E-state index contributed by atoms with van der Waals surface area (Å²) < 4.78 is 9.79. The monoisotopic (exact) mass is 234 g/mol. The molecule has 0 aliphatic carbocycles. The molecule has 0 bridgehead atoms. The first-order chi connectivity index (χ1) is 7.74. The molecule has 0 aliphatic rings. The van der Waals surface area contributed by atoms with Crippen LogP contribution in [0.15, 0.2) is 0 Å². The van der Waals surface area contributed by atoms with Gasteiger partial charge >= 0.3 is 5.97 Å². The van der Waals surface area contributed by atoms with Gasteiger partial charge in [-0.2, -0.15) is 0 Å². The van der Waals surface area contributed by atoms with E-state index in [4.69, 9.17) is 19.7 Å². The van der Waals surface area contributed by atoms with Gasteiger partial charge in [-0.3, -0.25) is 4.79 Å². The number of carbonyl (C=O) groups excluding carboxylic acids is 1. The van der Waals surface area contributed by atoms with Gasteiger partial charge in [0, 0.05) is 26.1 Å². The second-order valence-electron chi connectivity index (χ2n) is 3.72. The minimum Gasteiger partial charge on any atom is -0.465 e. The van der Waals surface area contributed by atoms with Crippen LogP contribution in [0.1, 0.15) is 25.7 Å². The van der Waals surface area contributed by atoms with E-state index >= 15 is 0 Å². The van der Waals surface area contributed by atoms with Crippen LogP contribution in [0.3, 0.4) is 0 Å². The summed E-state index contributed by atoms with van der Waals surface area (Å²) in [5.74, 6) is -0.637. The van der Waals surface area contributed by atoms with Gasteiger partial charge < -0.3 is 19.7 Å². The average molecular weight is 234 g/mol. The molecule has 0 atom stereocenters. The highest BCUT2D eigenvalue weighted by Gasteiger charge is 2.09. The molecule has 0 rings (SSSR count). The van der Waals surface area contributed by atoms with Crippen molar-refractivity contribution in [1.29, 1.82) is 0 Å². The molecule has 0 saturated heterocycles. The summed E-state index contributed by atoms with van der Waals surface area (Å²) in [4.78, 5) is 11.2. The zero-order valence-corrected chi connectivity index (χ0v) is 9.85. The first kappa shape index (κ1) is 15.3. The van der Waals surface area contributed by atoms with Crippen molar-refractivity contribution in [3.05, 3.63) is 0 Å². The number of ether oxygens (including phenoxy) is 2. The minimum atomic E-state index is -0.363. The number of aliphatic hydroxyl groups is 2. The molecule has 0 heterocycles. The maximum Gasteiger partial charge on any atom is 0.305 e. The van der Waals surface area contributed by atoms with Gasteiger partial charge in [-0.05, 0) is 12.8 Å². The minimum absolute atomic E-state index is 0.0872. The fourth-order valence-electron chi connectivity index (χ4n) is 1.14. The highest BCUT2D eigenvalue weighted by Crippen LogP contribution is 2.03. The normalized spacial score (nSPS) is 10.8. The van der Waals surface area contributed by atoms with Crippen LogP contribution in [0.4, 0.5) is 0 Å². The third kappa shape index (κ3) is 8.64. The average Bonchev–Trinajstić information content (AvgIpc) is 2.30. The number of rotatable bonds is 10. The zero-order chi connectivity index (χ0) is 12.2. The van der Waals surface area contributed by atoms with Crippen molar-refractivity contribution in [1.82, 2.24) is 0 Å². The molecule has 0 aromatic carbocycles. The summed E-state index contributed by atoms with van der Waals surface area (Å²) in [6, 6.07) is 0. The second kappa shape index (κ2) is 10.9. The highest BCUT2D eigenvalue weighted by atomic mass is 16.5. The van der Waals surface area contributed by atoms with Gasteiger partial charge in [-0.1, -0.05) is 6.42 Å². The van der Waals surface area contributed by atoms with Gasteiger partial charge in [0.05, 0.1) is 19.8 Å². The van der Waals surface area contributed by atoms with Crippen LogP contribution in [0.5, 0.6) is 0 Å². The van der Waals surface area contributed by atoms with Crippen molar-refractivity contribution >= 4 is 5.97 Å². The number of esters is 1. The lowest BCUT2D eigenvalue weighted by Crippen LogP contribution is -2.20. The van der Waals surface area contributed by atoms with Crippen molar-refractivity contribution < 1.29 is 24.5 Å². The van der Waals surface area contributed by atoms with Gasteiger partial charge in [-0.15, -0.1) is 0 Å². The summed E-state index contributed by atoms with van der Waals surface area (Å²) in [5.41, 5.74) is 0. The molecule has 96 valence electrons. The lowest BCUT2D eigenvalue weighted by Gasteiger charge is -2.11. The Bertz CT molecular complexity index is 168. The molecule has 5 nitrogen and oxygen atoms in total. The van der Waals surface area contributed by atoms with Crippen LogP contribution in [-0.4, -0.2) is 49.7 Å². The standard InChI is InChI=1S/C11H22O5/c1-15-6-4-2-3-5-11(14)16-9-10(7-12)8-13/h10,12-13H,2-9H2,1H3. The van der Waals surface area contributed by atoms with Crippen LogP contribution < -0.4 is 0 Å². The third-order valence-electron chi connectivity index (χ3n) is 2.23. The molecule has 0 saturated carbocycles. The SMILES string of the molecule is COCCCCCC(=O)OCC(CO)CO. The van der Waals surface area contributed by atoms with Crippen LogP contribution in [0, 0.1) is 5.92 Å². The lowest BCUT2D eigenvalue weighted by molar-refractivity contribution is -0.146. The van der Waals surface area contributed by atoms with Crippen LogP contribution in [-0.2, 0) is 14.3 Å². The summed E-state index contributed by atoms with van der Waals surface area (Å²) in [6.45, 7) is 0.464. The molecular weight excluding hydrogens is 212 g/mol. The molecule has 5 heteroatoms. The van der Waals surface area contributed by atoms with Gasteiger partial charge in [0.2, 0.25) is 0 Å². The van der Waals surface area contributed by atoms with Gasteiger partial charge in [-0.25, -0.2) is 0 Å². The Morgan fingerprint density at radius 2 is 1.88 bits per heavy atom. The number of unbranched alkanes of at least 4 members (excludes halogenated alkanes) is 2. The van der Waals surface area contributed by atoms with Crippen molar-refractivity contribution in [3.8, 4) is 0 Å². The van der Waals surface area contributed by atoms with E-state index in [0.29, 0.717) is 13.0 Å². The Morgan fingerprint density at radius 1 is 1.19 bits per heavy atom. The molecule has 16 heavy (non-hydrogen) atoms. The molecule has 0 aromatic rings. The molecule has 2 N–H and O–H groups in total. The summed E-state index contributed by atoms with van der Waals surface area (Å²) >= 11 is 0. The quantitative estimate of drug-likeness (QED) is 0.421. The largest absolute Gasteiger partial charge is 0.465 e. The van der Waals surface area contributed by atoms with Crippen LogP contribution in [0.25, 0.3) is 0 Å². The molecule has 0 unspecified atom stereocenters. The topological polar surface area (TPSA) is 76.0 Å². The fraction of sp³-hybridized carbons (Fsp3) is 0.909. The number of methoxy groups -OCH3 is 1. The van der Waals surface area contributed by atoms with Gasteiger partial charge in [0.1, 0.15) is 0 Å². The summed E-state index contributed by atoms with van der Waals surface area (Å²) in [6.07, 6.45) is 3.05. The molecule has 0 aliphatic heterocycles. The number of carbonyl (C=O) groups is 1. The molecule has 0 fully saturated rings. The predicted molar refractivity (Wildman–Crippen MR) is 59.0 cm³/mol. The fourth-order valence-corrected chi connectivity index (χ4v) is 1.14. The molecule has 0 radical (unpaired) electrons. The Kier molecular flexibility index (Phi) is 10.4. The maximum atomic E-state index is 11.2. The van der Waals surface area contributed by atoms with E-state index in [9.17, 15) is 4.79 Å². The lowest BCUT2D eigenvalue weighted by atomic mass is 10.2. The van der Waals surface area contributed by atoms with Crippen LogP contribution in [0.2, 0.25) is 0 Å². The van der Waals surface area contributed by atoms with E-state index in [-0.39, 0.29) is 31.7 Å². The van der Waals surface area contributed by atoms with Crippen molar-refractivity contribution in [3.63, 3.8) is 0 Å². The Morgan fingerprint density at radius 3 is 2.44 bits per heavy atom. The van der Waals surface area contributed by atoms with E-state index in [1.54, 1.807) is 7.11 Å². The third-order valence-corrected chi connectivity index (χ3v) is 2.23.